The number of nitrogens with zero attached hydrogens (tertiary/aromatic N) is 1. The molecule has 1 atom stereocenters. The minimum Gasteiger partial charge on any atom is -0.399 e. The van der Waals surface area contributed by atoms with E-state index in [1.807, 2.05) is 4.90 Å². The Morgan fingerprint density at radius 3 is 3.17 bits per heavy atom. The number of hydrogen-bond donors (Lipinski definition) is 4. The third-order valence-corrected chi connectivity index (χ3v) is 2.78. The van der Waals surface area contributed by atoms with Crippen LogP contribution < -0.4 is 16.4 Å². The molecule has 0 bridgehead atoms. The number of hydrogen-bond acceptors (Lipinski definition) is 5. The molecule has 2 rings (SSSR count). The van der Waals surface area contributed by atoms with Crippen molar-refractivity contribution in [2.45, 2.75) is 6.23 Å². The zero-order valence-corrected chi connectivity index (χ0v) is 10.1. The number of anilines is 2. The molecule has 1 aromatic rings. The Hall–Kier alpha value is -1.63. The van der Waals surface area contributed by atoms with Gasteiger partial charge in [0.2, 0.25) is 5.91 Å². The van der Waals surface area contributed by atoms with Gasteiger partial charge in [-0.15, -0.1) is 0 Å². The van der Waals surface area contributed by atoms with Crippen LogP contribution in [0.4, 0.5) is 11.4 Å². The predicted molar refractivity (Wildman–Crippen MR) is 69.9 cm³/mol. The molecular formula is C12H18N4O2. The van der Waals surface area contributed by atoms with Gasteiger partial charge in [0.25, 0.3) is 0 Å². The highest BCUT2D eigenvalue weighted by molar-refractivity contribution is 5.92. The van der Waals surface area contributed by atoms with Gasteiger partial charge in [-0.05, 0) is 18.2 Å². The highest BCUT2D eigenvalue weighted by atomic mass is 16.3. The van der Waals surface area contributed by atoms with Gasteiger partial charge in [0.15, 0.2) is 0 Å². The van der Waals surface area contributed by atoms with E-state index in [1.54, 1.807) is 24.3 Å². The van der Waals surface area contributed by atoms with E-state index in [2.05, 4.69) is 10.6 Å². The molecule has 1 aromatic carbocycles. The normalized spacial score (nSPS) is 20.6. The van der Waals surface area contributed by atoms with Crippen LogP contribution in [0.3, 0.4) is 0 Å². The number of nitrogen functional groups attached to an aromatic ring is 1. The van der Waals surface area contributed by atoms with E-state index in [0.29, 0.717) is 24.5 Å². The monoisotopic (exact) mass is 250 g/mol. The van der Waals surface area contributed by atoms with Gasteiger partial charge in [-0.3, -0.25) is 15.0 Å². The van der Waals surface area contributed by atoms with E-state index >= 15 is 0 Å². The maximum absolute atomic E-state index is 11.8. The fraction of sp³-hybridized carbons (Fsp3) is 0.417. The van der Waals surface area contributed by atoms with E-state index in [4.69, 9.17) is 5.73 Å². The van der Waals surface area contributed by atoms with Crippen molar-refractivity contribution in [2.75, 3.05) is 37.2 Å². The SMILES string of the molecule is Nc1cccc(NC(=O)CN2CCNC(O)C2)c1. The van der Waals surface area contributed by atoms with Gasteiger partial charge < -0.3 is 16.2 Å². The van der Waals surface area contributed by atoms with Crippen LogP contribution in [0.5, 0.6) is 0 Å². The molecular weight excluding hydrogens is 232 g/mol. The van der Waals surface area contributed by atoms with Gasteiger partial charge in [0, 0.05) is 31.0 Å². The van der Waals surface area contributed by atoms with E-state index in [1.165, 1.54) is 0 Å². The smallest absolute Gasteiger partial charge is 0.238 e. The van der Waals surface area contributed by atoms with Crippen molar-refractivity contribution in [1.82, 2.24) is 10.2 Å². The number of carbonyl (C=O) groups is 1. The van der Waals surface area contributed by atoms with Crippen molar-refractivity contribution in [1.29, 1.82) is 0 Å². The van der Waals surface area contributed by atoms with Gasteiger partial charge in [-0.25, -0.2) is 0 Å². The van der Waals surface area contributed by atoms with Crippen LogP contribution in [0.2, 0.25) is 0 Å². The molecule has 1 aliphatic rings. The highest BCUT2D eigenvalue weighted by Gasteiger charge is 2.18. The molecule has 18 heavy (non-hydrogen) atoms. The standard InChI is InChI=1S/C12H18N4O2/c13-9-2-1-3-10(6-9)15-12(18)8-16-5-4-14-11(17)7-16/h1-3,6,11,14,17H,4-5,7-8,13H2,(H,15,18). The van der Waals surface area contributed by atoms with Crippen LogP contribution >= 0.6 is 0 Å². The average Bonchev–Trinajstić information content (AvgIpc) is 2.28. The second-order valence-corrected chi connectivity index (χ2v) is 4.38. The van der Waals surface area contributed by atoms with Gasteiger partial charge >= 0.3 is 0 Å². The molecule has 0 radical (unpaired) electrons. The summed E-state index contributed by atoms with van der Waals surface area (Å²) in [7, 11) is 0. The Balaban J connectivity index is 1.85. The zero-order valence-electron chi connectivity index (χ0n) is 10.1. The number of β-amino-alcohol motifs (C(OH)–C–C–N with tert-alkyl or cyclic N) is 1. The fourth-order valence-corrected chi connectivity index (χ4v) is 1.95. The summed E-state index contributed by atoms with van der Waals surface area (Å²) in [6.45, 7) is 2.17. The number of rotatable bonds is 3. The molecule has 0 aliphatic carbocycles. The van der Waals surface area contributed by atoms with E-state index in [-0.39, 0.29) is 12.5 Å². The first-order valence-corrected chi connectivity index (χ1v) is 5.93. The van der Waals surface area contributed by atoms with Crippen molar-refractivity contribution in [3.8, 4) is 0 Å². The average molecular weight is 250 g/mol. The van der Waals surface area contributed by atoms with Crippen molar-refractivity contribution >= 4 is 17.3 Å². The Labute approximate surface area is 106 Å². The Morgan fingerprint density at radius 1 is 1.61 bits per heavy atom. The second kappa shape index (κ2) is 5.81. The van der Waals surface area contributed by atoms with Crippen LogP contribution in [-0.4, -0.2) is 48.3 Å². The number of benzene rings is 1. The van der Waals surface area contributed by atoms with Crippen LogP contribution in [0, 0.1) is 0 Å². The largest absolute Gasteiger partial charge is 0.399 e. The lowest BCUT2D eigenvalue weighted by Crippen LogP contribution is -2.52. The lowest BCUT2D eigenvalue weighted by molar-refractivity contribution is -0.118. The molecule has 0 saturated carbocycles. The summed E-state index contributed by atoms with van der Waals surface area (Å²) in [6, 6.07) is 7.06. The van der Waals surface area contributed by atoms with Crippen LogP contribution in [-0.2, 0) is 4.79 Å². The minimum atomic E-state index is -0.557. The Bertz CT molecular complexity index is 424. The quantitative estimate of drug-likeness (QED) is 0.539. The summed E-state index contributed by atoms with van der Waals surface area (Å²) >= 11 is 0. The van der Waals surface area contributed by atoms with Crippen molar-refractivity contribution in [2.24, 2.45) is 0 Å². The van der Waals surface area contributed by atoms with Crippen LogP contribution in [0.15, 0.2) is 24.3 Å². The Morgan fingerprint density at radius 2 is 2.44 bits per heavy atom. The molecule has 1 fully saturated rings. The van der Waals surface area contributed by atoms with Gasteiger partial charge in [0.05, 0.1) is 6.54 Å². The third kappa shape index (κ3) is 3.69. The summed E-state index contributed by atoms with van der Waals surface area (Å²) in [5, 5.41) is 15.1. The van der Waals surface area contributed by atoms with E-state index in [9.17, 15) is 9.90 Å². The maximum atomic E-state index is 11.8. The van der Waals surface area contributed by atoms with Gasteiger partial charge in [-0.1, -0.05) is 6.07 Å². The highest BCUT2D eigenvalue weighted by Crippen LogP contribution is 2.11. The first-order valence-electron chi connectivity index (χ1n) is 5.93. The molecule has 1 amide bonds. The molecule has 98 valence electrons. The Kier molecular flexibility index (Phi) is 4.14. The topological polar surface area (TPSA) is 90.6 Å². The van der Waals surface area contributed by atoms with Gasteiger partial charge in [0.1, 0.15) is 6.23 Å². The number of nitrogens with one attached hydrogen (secondary N) is 2. The summed E-state index contributed by atoms with van der Waals surface area (Å²) < 4.78 is 0. The van der Waals surface area contributed by atoms with Crippen LogP contribution in [0.1, 0.15) is 0 Å². The number of piperazine rings is 1. The van der Waals surface area contributed by atoms with Crippen molar-refractivity contribution < 1.29 is 9.90 Å². The van der Waals surface area contributed by atoms with Crippen LogP contribution in [0.25, 0.3) is 0 Å². The molecule has 0 spiro atoms. The maximum Gasteiger partial charge on any atom is 0.238 e. The molecule has 0 aromatic heterocycles. The molecule has 1 saturated heterocycles. The summed E-state index contributed by atoms with van der Waals surface area (Å²) in [5.41, 5.74) is 6.94. The lowest BCUT2D eigenvalue weighted by Gasteiger charge is -2.30. The third-order valence-electron chi connectivity index (χ3n) is 2.78. The zero-order chi connectivity index (χ0) is 13.0. The first-order chi connectivity index (χ1) is 8.63. The molecule has 6 heteroatoms. The molecule has 1 heterocycles. The lowest BCUT2D eigenvalue weighted by atomic mass is 10.2. The van der Waals surface area contributed by atoms with Crippen molar-refractivity contribution in [3.05, 3.63) is 24.3 Å². The summed E-state index contributed by atoms with van der Waals surface area (Å²) in [6.07, 6.45) is -0.557. The van der Waals surface area contributed by atoms with E-state index < -0.39 is 6.23 Å². The van der Waals surface area contributed by atoms with Crippen molar-refractivity contribution in [3.63, 3.8) is 0 Å². The van der Waals surface area contributed by atoms with Gasteiger partial charge in [-0.2, -0.15) is 0 Å². The molecule has 5 N–H and O–H groups in total. The number of aliphatic hydroxyl groups excluding tert-OH is 1. The second-order valence-electron chi connectivity index (χ2n) is 4.38. The first kappa shape index (κ1) is 12.8. The fourth-order valence-electron chi connectivity index (χ4n) is 1.95. The number of amides is 1. The summed E-state index contributed by atoms with van der Waals surface area (Å²) in [5.74, 6) is -0.102. The number of nitrogens with two attached hydrogens (primary N) is 1. The minimum absolute atomic E-state index is 0.102. The number of carbonyl (C=O) groups excluding carboxylic acids is 1. The van der Waals surface area contributed by atoms with E-state index in [0.717, 1.165) is 6.54 Å². The number of aliphatic hydroxyl groups is 1. The molecule has 1 unspecified atom stereocenters. The summed E-state index contributed by atoms with van der Waals surface area (Å²) in [4.78, 5) is 13.7. The molecule has 1 aliphatic heterocycles. The molecule has 6 nitrogen and oxygen atoms in total. The predicted octanol–water partition coefficient (Wildman–Crippen LogP) is -0.569.